The van der Waals surface area contributed by atoms with Crippen LogP contribution in [0.3, 0.4) is 0 Å². The average molecular weight is 439 g/mol. The van der Waals surface area contributed by atoms with E-state index in [1.165, 1.54) is 0 Å². The minimum absolute atomic E-state index is 0.154. The molecule has 140 valence electrons. The number of carbonyl (C=O) groups excluding carboxylic acids is 2. The van der Waals surface area contributed by atoms with Crippen molar-refractivity contribution in [2.75, 3.05) is 19.0 Å². The predicted molar refractivity (Wildman–Crippen MR) is 109 cm³/mol. The number of fused-ring (bicyclic) bond motifs is 1. The molecule has 0 unspecified atom stereocenters. The number of ketones is 1. The van der Waals surface area contributed by atoms with E-state index in [1.54, 1.807) is 25.3 Å². The molecule has 0 radical (unpaired) electrons. The lowest BCUT2D eigenvalue weighted by atomic mass is 10.1. The summed E-state index contributed by atoms with van der Waals surface area (Å²) in [6.45, 7) is -0.154. The summed E-state index contributed by atoms with van der Waals surface area (Å²) in [5.74, 6) is 0.175. The van der Waals surface area contributed by atoms with Gasteiger partial charge in [0, 0.05) is 15.6 Å². The zero-order valence-electron chi connectivity index (χ0n) is 14.8. The first-order valence-corrected chi connectivity index (χ1v) is 9.23. The normalized spacial score (nSPS) is 14.1. The van der Waals surface area contributed by atoms with Gasteiger partial charge in [-0.15, -0.1) is 0 Å². The van der Waals surface area contributed by atoms with E-state index >= 15 is 0 Å². The van der Waals surface area contributed by atoms with E-state index in [2.05, 4.69) is 36.4 Å². The first-order chi connectivity index (χ1) is 13.5. The summed E-state index contributed by atoms with van der Waals surface area (Å²) >= 11 is 3.38. The fourth-order valence-electron chi connectivity index (χ4n) is 2.89. The molecule has 0 bridgehead atoms. The van der Waals surface area contributed by atoms with Crippen molar-refractivity contribution < 1.29 is 14.3 Å². The Hall–Kier alpha value is -3.26. The van der Waals surface area contributed by atoms with Crippen LogP contribution in [0.4, 0.5) is 5.69 Å². The van der Waals surface area contributed by atoms with Crippen LogP contribution in [0.15, 0.2) is 58.0 Å². The number of anilines is 1. The predicted octanol–water partition coefficient (Wildman–Crippen LogP) is 3.47. The van der Waals surface area contributed by atoms with Crippen molar-refractivity contribution in [2.24, 2.45) is 4.99 Å². The molecular weight excluding hydrogens is 424 g/mol. The summed E-state index contributed by atoms with van der Waals surface area (Å²) in [5, 5.41) is 9.66. The molecule has 1 aliphatic heterocycles. The number of aromatic nitrogens is 2. The summed E-state index contributed by atoms with van der Waals surface area (Å²) in [6, 6.07) is 14.5. The first-order valence-electron chi connectivity index (χ1n) is 8.44. The molecule has 1 amide bonds. The number of H-pyrrole nitrogens is 1. The second-order valence-electron chi connectivity index (χ2n) is 6.13. The van der Waals surface area contributed by atoms with Crippen molar-refractivity contribution in [1.29, 1.82) is 0 Å². The lowest BCUT2D eigenvalue weighted by molar-refractivity contribution is -0.110. The molecule has 1 aromatic heterocycles. The van der Waals surface area contributed by atoms with Crippen molar-refractivity contribution in [2.45, 2.75) is 0 Å². The van der Waals surface area contributed by atoms with Crippen LogP contribution in [-0.4, -0.2) is 41.3 Å². The number of amides is 1. The molecule has 2 N–H and O–H groups in total. The Bertz CT molecular complexity index is 1100. The van der Waals surface area contributed by atoms with Gasteiger partial charge in [-0.3, -0.25) is 19.7 Å². The fraction of sp³-hybridized carbons (Fsp3) is 0.100. The number of carbonyl (C=O) groups is 2. The third-order valence-corrected chi connectivity index (χ3v) is 4.84. The Morgan fingerprint density at radius 2 is 1.96 bits per heavy atom. The zero-order chi connectivity index (χ0) is 19.7. The van der Waals surface area contributed by atoms with E-state index in [1.807, 2.05) is 30.3 Å². The molecule has 0 fully saturated rings. The van der Waals surface area contributed by atoms with Crippen molar-refractivity contribution in [3.63, 3.8) is 0 Å². The fourth-order valence-corrected chi connectivity index (χ4v) is 3.25. The number of nitrogens with one attached hydrogen (secondary N) is 2. The molecule has 4 rings (SSSR count). The topological polar surface area (TPSA) is 96.4 Å². The number of hydrogen-bond acceptors (Lipinski definition) is 5. The van der Waals surface area contributed by atoms with Crippen molar-refractivity contribution in [3.05, 3.63) is 64.3 Å². The van der Waals surface area contributed by atoms with Gasteiger partial charge < -0.3 is 10.1 Å². The van der Waals surface area contributed by atoms with Crippen LogP contribution in [-0.2, 0) is 4.79 Å². The maximum atomic E-state index is 12.5. The third kappa shape index (κ3) is 3.46. The summed E-state index contributed by atoms with van der Waals surface area (Å²) in [4.78, 5) is 28.9. The average Bonchev–Trinajstić information content (AvgIpc) is 3.31. The van der Waals surface area contributed by atoms with Crippen LogP contribution >= 0.6 is 15.9 Å². The number of aromatic amines is 1. The van der Waals surface area contributed by atoms with Crippen LogP contribution in [0.2, 0.25) is 0 Å². The molecule has 0 saturated carbocycles. The van der Waals surface area contributed by atoms with E-state index in [-0.39, 0.29) is 23.9 Å². The smallest absolute Gasteiger partial charge is 0.274 e. The van der Waals surface area contributed by atoms with E-state index in [9.17, 15) is 9.59 Å². The van der Waals surface area contributed by atoms with E-state index in [4.69, 9.17) is 4.74 Å². The number of Topliss-reactive ketones (excluding diaryl/α,β-unsaturated/α-hetero) is 1. The lowest BCUT2D eigenvalue weighted by Gasteiger charge is -2.00. The molecule has 3 aromatic rings. The van der Waals surface area contributed by atoms with Gasteiger partial charge in [-0.2, -0.15) is 5.10 Å². The largest absolute Gasteiger partial charge is 0.497 e. The first kappa shape index (κ1) is 18.1. The number of ether oxygens (including phenoxy) is 1. The summed E-state index contributed by atoms with van der Waals surface area (Å²) < 4.78 is 5.97. The lowest BCUT2D eigenvalue weighted by Crippen LogP contribution is -2.16. The second kappa shape index (κ2) is 7.40. The van der Waals surface area contributed by atoms with Gasteiger partial charge in [0.25, 0.3) is 5.91 Å². The molecule has 2 aromatic carbocycles. The monoisotopic (exact) mass is 438 g/mol. The highest BCUT2D eigenvalue weighted by molar-refractivity contribution is 9.10. The Morgan fingerprint density at radius 1 is 1.18 bits per heavy atom. The number of methoxy groups -OCH3 is 1. The molecule has 0 spiro atoms. The van der Waals surface area contributed by atoms with Crippen LogP contribution in [0.25, 0.3) is 11.3 Å². The minimum Gasteiger partial charge on any atom is -0.497 e. The molecule has 28 heavy (non-hydrogen) atoms. The highest BCUT2D eigenvalue weighted by Gasteiger charge is 2.26. The summed E-state index contributed by atoms with van der Waals surface area (Å²) in [6.07, 6.45) is 0. The third-order valence-electron chi connectivity index (χ3n) is 4.34. The van der Waals surface area contributed by atoms with Gasteiger partial charge in [0.05, 0.1) is 18.5 Å². The summed E-state index contributed by atoms with van der Waals surface area (Å²) in [5.41, 5.74) is 3.45. The van der Waals surface area contributed by atoms with Crippen molar-refractivity contribution in [1.82, 2.24) is 10.2 Å². The Kier molecular flexibility index (Phi) is 4.79. The van der Waals surface area contributed by atoms with Gasteiger partial charge in [-0.25, -0.2) is 0 Å². The maximum absolute atomic E-state index is 12.5. The van der Waals surface area contributed by atoms with Crippen molar-refractivity contribution in [3.8, 4) is 17.0 Å². The number of hydrogen-bond donors (Lipinski definition) is 2. The van der Waals surface area contributed by atoms with Crippen LogP contribution in [0, 0.1) is 0 Å². The van der Waals surface area contributed by atoms with E-state index < -0.39 is 0 Å². The maximum Gasteiger partial charge on any atom is 0.274 e. The highest BCUT2D eigenvalue weighted by atomic mass is 79.9. The van der Waals surface area contributed by atoms with Crippen LogP contribution in [0.1, 0.15) is 16.1 Å². The van der Waals surface area contributed by atoms with Gasteiger partial charge in [-0.05, 0) is 48.5 Å². The number of aliphatic imine (C=N–C) groups is 1. The number of halogens is 1. The van der Waals surface area contributed by atoms with Gasteiger partial charge in [0.1, 0.15) is 23.7 Å². The highest BCUT2D eigenvalue weighted by Crippen LogP contribution is 2.27. The molecule has 0 atom stereocenters. The van der Waals surface area contributed by atoms with E-state index in [0.717, 1.165) is 15.8 Å². The zero-order valence-corrected chi connectivity index (χ0v) is 16.4. The minimum atomic E-state index is -0.315. The molecule has 0 aliphatic carbocycles. The van der Waals surface area contributed by atoms with Gasteiger partial charge in [0.2, 0.25) is 5.78 Å². The Labute approximate surface area is 169 Å². The van der Waals surface area contributed by atoms with Gasteiger partial charge in [-0.1, -0.05) is 15.9 Å². The van der Waals surface area contributed by atoms with Crippen LogP contribution in [0.5, 0.6) is 5.75 Å². The number of benzene rings is 2. The van der Waals surface area contributed by atoms with Gasteiger partial charge >= 0.3 is 0 Å². The van der Waals surface area contributed by atoms with Gasteiger partial charge in [0.15, 0.2) is 0 Å². The van der Waals surface area contributed by atoms with Crippen LogP contribution < -0.4 is 10.1 Å². The summed E-state index contributed by atoms with van der Waals surface area (Å²) in [7, 11) is 1.60. The Morgan fingerprint density at radius 3 is 2.71 bits per heavy atom. The quantitative estimate of drug-likeness (QED) is 0.595. The SMILES string of the molecule is COc1ccc(-c2cc(C(=O)CN=C3C(=O)Nc4ccc(Br)cc43)[nH]n2)cc1. The van der Waals surface area contributed by atoms with E-state index in [0.29, 0.717) is 22.6 Å². The second-order valence-corrected chi connectivity index (χ2v) is 7.04. The molecule has 0 saturated heterocycles. The standard InChI is InChI=1S/C20H15BrN4O3/c1-28-13-5-2-11(3-6-13)16-9-17(25-24-16)18(26)10-22-19-14-8-12(21)4-7-15(14)23-20(19)27/h2-9H,10H2,1H3,(H,24,25)(H,22,23,27). The molecule has 1 aliphatic rings. The Balaban J connectivity index is 1.52. The molecule has 2 heterocycles. The number of nitrogens with zero attached hydrogens (tertiary/aromatic N) is 2. The van der Waals surface area contributed by atoms with Crippen molar-refractivity contribution >= 4 is 39.0 Å². The molecule has 8 heteroatoms. The molecule has 7 nitrogen and oxygen atoms in total. The molecular formula is C20H15BrN4O3. The number of rotatable bonds is 5.